The average molecular weight is 652 g/mol. The fourth-order valence-corrected chi connectivity index (χ4v) is 5.80. The predicted molar refractivity (Wildman–Crippen MR) is 164 cm³/mol. The number of hydrogen-bond donors (Lipinski definition) is 2. The number of carbonyl (C=O) groups is 1. The number of nitrogens with zero attached hydrogens (tertiary/aromatic N) is 8. The lowest BCUT2D eigenvalue weighted by molar-refractivity contribution is -0.202. The molecular weight excluding hydrogens is 616 g/mol. The molecule has 16 heteroatoms. The Labute approximate surface area is 269 Å². The topological polar surface area (TPSA) is 162 Å². The second kappa shape index (κ2) is 13.6. The lowest BCUT2D eigenvalue weighted by Gasteiger charge is -2.43. The minimum absolute atomic E-state index is 0.0367. The first kappa shape index (κ1) is 32.2. The van der Waals surface area contributed by atoms with Crippen LogP contribution in [0.4, 0.5) is 26.2 Å². The van der Waals surface area contributed by atoms with Gasteiger partial charge in [-0.2, -0.15) is 19.0 Å². The second-order valence-electron chi connectivity index (χ2n) is 11.6. The van der Waals surface area contributed by atoms with Gasteiger partial charge in [0, 0.05) is 45.3 Å². The van der Waals surface area contributed by atoms with E-state index in [0.29, 0.717) is 34.0 Å². The molecule has 3 aliphatic rings. The van der Waals surface area contributed by atoms with Crippen LogP contribution >= 0.6 is 0 Å². The Hall–Kier alpha value is -4.72. The van der Waals surface area contributed by atoms with E-state index in [-0.39, 0.29) is 30.2 Å². The van der Waals surface area contributed by atoms with E-state index in [0.717, 1.165) is 52.0 Å². The summed E-state index contributed by atoms with van der Waals surface area (Å²) < 4.78 is 46.1. The number of rotatable bonds is 9. The average Bonchev–Trinajstić information content (AvgIpc) is 3.04. The van der Waals surface area contributed by atoms with Crippen LogP contribution in [0.1, 0.15) is 25.3 Å². The van der Waals surface area contributed by atoms with Crippen LogP contribution in [0.3, 0.4) is 0 Å². The Morgan fingerprint density at radius 3 is 2.60 bits per heavy atom. The highest BCUT2D eigenvalue weighted by Gasteiger charge is 2.47. The van der Waals surface area contributed by atoms with Crippen molar-refractivity contribution in [3.8, 4) is 29.1 Å². The molecule has 47 heavy (non-hydrogen) atoms. The zero-order valence-electron chi connectivity index (χ0n) is 26.0. The van der Waals surface area contributed by atoms with E-state index in [9.17, 15) is 23.9 Å². The first-order valence-corrected chi connectivity index (χ1v) is 15.3. The van der Waals surface area contributed by atoms with Crippen LogP contribution in [0, 0.1) is 11.3 Å². The van der Waals surface area contributed by atoms with Crippen LogP contribution in [0.2, 0.25) is 0 Å². The van der Waals surface area contributed by atoms with Crippen LogP contribution in [0.25, 0.3) is 11.4 Å². The van der Waals surface area contributed by atoms with Gasteiger partial charge < -0.3 is 29.5 Å². The molecule has 1 amide bonds. The molecule has 0 radical (unpaired) electrons. The van der Waals surface area contributed by atoms with E-state index in [1.807, 2.05) is 18.2 Å². The molecule has 1 unspecified atom stereocenters. The molecular formula is C31H35F2N9O5. The number of alkyl halides is 2. The highest BCUT2D eigenvalue weighted by molar-refractivity contribution is 5.80. The summed E-state index contributed by atoms with van der Waals surface area (Å²) in [6.45, 7) is 6.02. The summed E-state index contributed by atoms with van der Waals surface area (Å²) in [4.78, 5) is 34.8. The number of aliphatic hydroxyl groups is 1. The molecule has 2 N–H and O–H groups in total. The number of piperazine rings is 1. The number of methoxy groups -OCH3 is 1. The summed E-state index contributed by atoms with van der Waals surface area (Å²) in [5.74, 6) is 0.172. The fourth-order valence-electron chi connectivity index (χ4n) is 5.80. The number of aliphatic hydroxyl groups excluding tert-OH is 1. The van der Waals surface area contributed by atoms with E-state index in [1.54, 1.807) is 13.2 Å². The van der Waals surface area contributed by atoms with Crippen LogP contribution in [-0.4, -0.2) is 118 Å². The molecule has 0 aliphatic carbocycles. The molecule has 3 aromatic heterocycles. The summed E-state index contributed by atoms with van der Waals surface area (Å²) in [6.07, 6.45) is -0.382. The number of piperidine rings is 1. The van der Waals surface area contributed by atoms with Crippen LogP contribution in [0.15, 0.2) is 36.7 Å². The monoisotopic (exact) mass is 651 g/mol. The van der Waals surface area contributed by atoms with Gasteiger partial charge in [0.1, 0.15) is 29.8 Å². The van der Waals surface area contributed by atoms with Gasteiger partial charge in [0.2, 0.25) is 11.8 Å². The summed E-state index contributed by atoms with van der Waals surface area (Å²) in [5.41, 5.74) is 1.73. The Kier molecular flexibility index (Phi) is 9.30. The van der Waals surface area contributed by atoms with E-state index < -0.39 is 30.6 Å². The molecule has 248 valence electrons. The summed E-state index contributed by atoms with van der Waals surface area (Å²) in [6, 6.07) is 5.88. The number of likely N-dealkylation sites (tertiary alicyclic amines) is 1. The standard InChI is InChI=1S/C31H35F2N9O5/c1-19(43)29(44)42-8-6-22(14-31(42,32)33)47-26-16-36-24(13-20(26)15-34)23-5-7-35-30(37-23)39-27-4-3-25(28(38-27)45-2)41-11-9-40(10-12-41)21-17-46-18-21/h3-5,7,13,16,19,21-22,43H,6,8-12,14,17-18H2,1-2H3,(H,35,37,38,39)/t19-,22?/m0/s1. The SMILES string of the molecule is COc1nc(Nc2nccc(-c3cc(C#N)c(OC4CCN(C(=O)[C@H](C)O)C(F)(F)C4)cn3)n2)ccc1N1CCN(C2COC2)CC1. The van der Waals surface area contributed by atoms with E-state index >= 15 is 0 Å². The summed E-state index contributed by atoms with van der Waals surface area (Å²) in [5, 5.41) is 22.4. The number of nitrogens with one attached hydrogen (secondary N) is 1. The molecule has 6 heterocycles. The van der Waals surface area contributed by atoms with Crippen molar-refractivity contribution >= 4 is 23.4 Å². The fraction of sp³-hybridized carbons (Fsp3) is 0.484. The van der Waals surface area contributed by atoms with E-state index in [2.05, 4.69) is 35.1 Å². The quantitative estimate of drug-likeness (QED) is 0.325. The zero-order valence-corrected chi connectivity index (χ0v) is 26.0. The molecule has 3 saturated heterocycles. The first-order chi connectivity index (χ1) is 22.6. The number of halogens is 2. The van der Waals surface area contributed by atoms with E-state index in [1.165, 1.54) is 18.5 Å². The molecule has 0 aromatic carbocycles. The van der Waals surface area contributed by atoms with Gasteiger partial charge in [-0.1, -0.05) is 0 Å². The Bertz CT molecular complexity index is 1640. The maximum atomic E-state index is 14.7. The molecule has 0 saturated carbocycles. The van der Waals surface area contributed by atoms with E-state index in [4.69, 9.17) is 14.2 Å². The maximum Gasteiger partial charge on any atom is 0.331 e. The van der Waals surface area contributed by atoms with Gasteiger partial charge in [-0.3, -0.25) is 19.6 Å². The van der Waals surface area contributed by atoms with Crippen molar-refractivity contribution in [1.29, 1.82) is 5.26 Å². The van der Waals surface area contributed by atoms with Crippen molar-refractivity contribution in [2.24, 2.45) is 0 Å². The molecule has 3 aromatic rings. The van der Waals surface area contributed by atoms with Crippen molar-refractivity contribution in [1.82, 2.24) is 29.7 Å². The molecule has 0 bridgehead atoms. The first-order valence-electron chi connectivity index (χ1n) is 15.3. The number of ether oxygens (including phenoxy) is 3. The van der Waals surface area contributed by atoms with Crippen LogP contribution < -0.4 is 19.7 Å². The second-order valence-corrected chi connectivity index (χ2v) is 11.6. The van der Waals surface area contributed by atoms with Gasteiger partial charge in [0.05, 0.1) is 55.9 Å². The highest BCUT2D eigenvalue weighted by atomic mass is 19.3. The lowest BCUT2D eigenvalue weighted by Crippen LogP contribution is -2.56. The third-order valence-corrected chi connectivity index (χ3v) is 8.43. The zero-order chi connectivity index (χ0) is 33.1. The number of anilines is 3. The minimum Gasteiger partial charge on any atom is -0.487 e. The van der Waals surface area contributed by atoms with Gasteiger partial charge in [-0.05, 0) is 31.2 Å². The van der Waals surface area contributed by atoms with Crippen molar-refractivity contribution < 1.29 is 32.9 Å². The number of hydrogen-bond acceptors (Lipinski definition) is 13. The molecule has 6 rings (SSSR count). The molecule has 2 atom stereocenters. The third kappa shape index (κ3) is 7.02. The minimum atomic E-state index is -3.51. The number of amides is 1. The van der Waals surface area contributed by atoms with Crippen molar-refractivity contribution in [2.45, 2.75) is 44.1 Å². The summed E-state index contributed by atoms with van der Waals surface area (Å²) >= 11 is 0. The van der Waals surface area contributed by atoms with Gasteiger partial charge in [0.15, 0.2) is 5.75 Å². The number of nitriles is 1. The number of pyridine rings is 2. The Balaban J connectivity index is 1.12. The molecule has 0 spiro atoms. The normalized spacial score (nSPS) is 20.6. The van der Waals surface area contributed by atoms with Gasteiger partial charge >= 0.3 is 6.05 Å². The Morgan fingerprint density at radius 2 is 1.94 bits per heavy atom. The lowest BCUT2D eigenvalue weighted by atomic mass is 10.0. The van der Waals surface area contributed by atoms with Crippen molar-refractivity contribution in [3.63, 3.8) is 0 Å². The maximum absolute atomic E-state index is 14.7. The van der Waals surface area contributed by atoms with Crippen molar-refractivity contribution in [2.75, 3.05) is 63.3 Å². The van der Waals surface area contributed by atoms with Gasteiger partial charge in [0.25, 0.3) is 5.91 Å². The predicted octanol–water partition coefficient (Wildman–Crippen LogP) is 2.42. The van der Waals surface area contributed by atoms with Gasteiger partial charge in [-0.15, -0.1) is 0 Å². The van der Waals surface area contributed by atoms with Crippen molar-refractivity contribution in [3.05, 3.63) is 42.2 Å². The van der Waals surface area contributed by atoms with Crippen LogP contribution in [0.5, 0.6) is 11.6 Å². The molecule has 14 nitrogen and oxygen atoms in total. The Morgan fingerprint density at radius 1 is 1.15 bits per heavy atom. The van der Waals surface area contributed by atoms with Gasteiger partial charge in [-0.25, -0.2) is 9.97 Å². The molecule has 3 fully saturated rings. The van der Waals surface area contributed by atoms with Crippen LogP contribution in [-0.2, 0) is 9.53 Å². The third-order valence-electron chi connectivity index (χ3n) is 8.43. The largest absolute Gasteiger partial charge is 0.487 e. The number of carbonyl (C=O) groups excluding carboxylic acids is 1. The smallest absolute Gasteiger partial charge is 0.331 e. The molecule has 3 aliphatic heterocycles. The summed E-state index contributed by atoms with van der Waals surface area (Å²) in [7, 11) is 1.58. The number of aromatic nitrogens is 4. The highest BCUT2D eigenvalue weighted by Crippen LogP contribution is 2.35.